The third kappa shape index (κ3) is 3.54. The van der Waals surface area contributed by atoms with Gasteiger partial charge in [0.2, 0.25) is 5.91 Å². The molecule has 0 saturated carbocycles. The summed E-state index contributed by atoms with van der Waals surface area (Å²) in [5.74, 6) is -0.362. The van der Waals surface area contributed by atoms with E-state index in [2.05, 4.69) is 13.2 Å². The van der Waals surface area contributed by atoms with Crippen LogP contribution >= 0.6 is 0 Å². The number of benzene rings is 2. The van der Waals surface area contributed by atoms with Crippen LogP contribution in [0.5, 0.6) is 0 Å². The molecule has 1 aliphatic rings. The molecule has 2 aromatic rings. The molecule has 3 heteroatoms. The topological polar surface area (TPSA) is 37.4 Å². The molecule has 0 unspecified atom stereocenters. The van der Waals surface area contributed by atoms with Crippen molar-refractivity contribution < 1.29 is 9.59 Å². The summed E-state index contributed by atoms with van der Waals surface area (Å²) in [7, 11) is 0. The largest absolute Gasteiger partial charge is 0.313 e. The number of ketones is 1. The smallest absolute Gasteiger partial charge is 0.241 e. The lowest BCUT2D eigenvalue weighted by atomic mass is 9.70. The van der Waals surface area contributed by atoms with Gasteiger partial charge in [-0.1, -0.05) is 72.8 Å². The minimum absolute atomic E-state index is 0.164. The van der Waals surface area contributed by atoms with Crippen molar-refractivity contribution in [2.75, 3.05) is 0 Å². The Morgan fingerprint density at radius 2 is 1.41 bits per heavy atom. The fourth-order valence-corrected chi connectivity index (χ4v) is 3.56. The summed E-state index contributed by atoms with van der Waals surface area (Å²) < 4.78 is 0. The minimum atomic E-state index is -1.18. The van der Waals surface area contributed by atoms with Crippen molar-refractivity contribution >= 4 is 17.3 Å². The van der Waals surface area contributed by atoms with Crippen LogP contribution < -0.4 is 0 Å². The molecule has 0 bridgehead atoms. The average Bonchev–Trinajstić information content (AvgIpc) is 2.70. The van der Waals surface area contributed by atoms with Gasteiger partial charge in [-0.05, 0) is 24.0 Å². The monoisotopic (exact) mass is 357 g/mol. The molecule has 0 saturated heterocycles. The zero-order chi connectivity index (χ0) is 19.3. The minimum Gasteiger partial charge on any atom is -0.313 e. The maximum absolute atomic E-state index is 13.4. The highest BCUT2D eigenvalue weighted by Gasteiger charge is 2.49. The van der Waals surface area contributed by atoms with Crippen LogP contribution in [0.2, 0.25) is 0 Å². The van der Waals surface area contributed by atoms with Crippen LogP contribution in [0.4, 0.5) is 0 Å². The number of nitrogens with zero attached hydrogens (tertiary/aromatic N) is 1. The molecule has 2 aromatic carbocycles. The molecule has 136 valence electrons. The van der Waals surface area contributed by atoms with Crippen LogP contribution in [0.3, 0.4) is 0 Å². The fourth-order valence-electron chi connectivity index (χ4n) is 3.56. The average molecular weight is 357 g/mol. The van der Waals surface area contributed by atoms with Crippen LogP contribution in [0.15, 0.2) is 92.2 Å². The van der Waals surface area contributed by atoms with Gasteiger partial charge >= 0.3 is 0 Å². The molecule has 0 N–H and O–H groups in total. The lowest BCUT2D eigenvalue weighted by Gasteiger charge is -2.38. The van der Waals surface area contributed by atoms with Crippen LogP contribution in [0, 0.1) is 5.41 Å². The molecule has 0 atom stereocenters. The molecule has 0 fully saturated rings. The normalized spacial score (nSPS) is 16.0. The van der Waals surface area contributed by atoms with Crippen molar-refractivity contribution in [1.29, 1.82) is 0 Å². The molecule has 1 heterocycles. The SMILES string of the molecule is C=CCC1(CC=C)C(=O)C(c2ccccc2)=CN(Cc2ccccc2)C1=O. The lowest BCUT2D eigenvalue weighted by molar-refractivity contribution is -0.147. The standard InChI is InChI=1S/C24H23NO2/c1-3-15-24(16-4-2)22(26)21(20-13-9-6-10-14-20)18-25(23(24)27)17-19-11-7-5-8-12-19/h3-14,18H,1-2,15-17H2. The van der Waals surface area contributed by atoms with E-state index in [-0.39, 0.29) is 24.5 Å². The van der Waals surface area contributed by atoms with Crippen molar-refractivity contribution in [2.24, 2.45) is 5.41 Å². The molecule has 1 aliphatic heterocycles. The number of Topliss-reactive ketones (excluding diaryl/α,β-unsaturated/α-hetero) is 1. The van der Waals surface area contributed by atoms with E-state index >= 15 is 0 Å². The molecular formula is C24H23NO2. The Balaban J connectivity index is 2.11. The highest BCUT2D eigenvalue weighted by Crippen LogP contribution is 2.41. The van der Waals surface area contributed by atoms with Crippen LogP contribution in [-0.2, 0) is 16.1 Å². The maximum atomic E-state index is 13.4. The molecular weight excluding hydrogens is 334 g/mol. The van der Waals surface area contributed by atoms with Crippen LogP contribution in [0.25, 0.3) is 5.57 Å². The van der Waals surface area contributed by atoms with Crippen molar-refractivity contribution in [3.63, 3.8) is 0 Å². The quantitative estimate of drug-likeness (QED) is 0.528. The molecule has 3 rings (SSSR count). The predicted molar refractivity (Wildman–Crippen MR) is 108 cm³/mol. The fraction of sp³-hybridized carbons (Fsp3) is 0.167. The van der Waals surface area contributed by atoms with Crippen molar-refractivity contribution in [3.05, 3.63) is 103 Å². The number of rotatable bonds is 7. The first-order valence-electron chi connectivity index (χ1n) is 9.01. The number of hydrogen-bond acceptors (Lipinski definition) is 2. The highest BCUT2D eigenvalue weighted by atomic mass is 16.2. The first kappa shape index (κ1) is 18.6. The Labute approximate surface area is 160 Å². The Kier molecular flexibility index (Phi) is 5.51. The van der Waals surface area contributed by atoms with Crippen molar-refractivity contribution in [1.82, 2.24) is 4.90 Å². The van der Waals surface area contributed by atoms with E-state index in [9.17, 15) is 9.59 Å². The first-order chi connectivity index (χ1) is 13.1. The number of allylic oxidation sites excluding steroid dienone is 3. The second kappa shape index (κ2) is 8.00. The molecule has 0 aromatic heterocycles. The van der Waals surface area contributed by atoms with Gasteiger partial charge in [0.05, 0.1) is 6.54 Å². The molecule has 3 nitrogen and oxygen atoms in total. The third-order valence-electron chi connectivity index (χ3n) is 4.90. The molecule has 0 aliphatic carbocycles. The number of carbonyl (C=O) groups is 2. The second-order valence-electron chi connectivity index (χ2n) is 6.72. The van der Waals surface area contributed by atoms with E-state index < -0.39 is 5.41 Å². The van der Waals surface area contributed by atoms with Crippen LogP contribution in [-0.4, -0.2) is 16.6 Å². The first-order valence-corrected chi connectivity index (χ1v) is 9.01. The number of carbonyl (C=O) groups excluding carboxylic acids is 2. The predicted octanol–water partition coefficient (Wildman–Crippen LogP) is 4.78. The highest BCUT2D eigenvalue weighted by molar-refractivity contribution is 6.31. The number of hydrogen-bond donors (Lipinski definition) is 0. The Bertz CT molecular complexity index is 871. The summed E-state index contributed by atoms with van der Waals surface area (Å²) in [5.41, 5.74) is 1.19. The van der Waals surface area contributed by atoms with Crippen molar-refractivity contribution in [3.8, 4) is 0 Å². The zero-order valence-corrected chi connectivity index (χ0v) is 15.3. The van der Waals surface area contributed by atoms with E-state index in [0.29, 0.717) is 12.1 Å². The maximum Gasteiger partial charge on any atom is 0.241 e. The summed E-state index contributed by atoms with van der Waals surface area (Å²) >= 11 is 0. The van der Waals surface area contributed by atoms with Gasteiger partial charge in [0.25, 0.3) is 0 Å². The van der Waals surface area contributed by atoms with Crippen molar-refractivity contribution in [2.45, 2.75) is 19.4 Å². The van der Waals surface area contributed by atoms with Gasteiger partial charge in [0, 0.05) is 11.8 Å². The van der Waals surface area contributed by atoms with Gasteiger partial charge in [0.15, 0.2) is 5.78 Å². The Morgan fingerprint density at radius 3 is 1.96 bits per heavy atom. The summed E-state index contributed by atoms with van der Waals surface area (Å²) in [6.45, 7) is 7.98. The lowest BCUT2D eigenvalue weighted by Crippen LogP contribution is -2.50. The van der Waals surface area contributed by atoms with Gasteiger partial charge in [-0.25, -0.2) is 0 Å². The van der Waals surface area contributed by atoms with Gasteiger partial charge < -0.3 is 4.90 Å². The summed E-state index contributed by atoms with van der Waals surface area (Å²) in [6, 6.07) is 19.3. The molecule has 0 radical (unpaired) electrons. The third-order valence-corrected chi connectivity index (χ3v) is 4.90. The van der Waals surface area contributed by atoms with E-state index in [4.69, 9.17) is 0 Å². The second-order valence-corrected chi connectivity index (χ2v) is 6.72. The molecule has 0 spiro atoms. The van der Waals surface area contributed by atoms with E-state index in [1.807, 2.05) is 60.7 Å². The Morgan fingerprint density at radius 1 is 0.852 bits per heavy atom. The zero-order valence-electron chi connectivity index (χ0n) is 15.3. The number of amides is 1. The summed E-state index contributed by atoms with van der Waals surface area (Å²) in [6.07, 6.45) is 5.55. The van der Waals surface area contributed by atoms with E-state index in [0.717, 1.165) is 11.1 Å². The summed E-state index contributed by atoms with van der Waals surface area (Å²) in [5, 5.41) is 0. The molecule has 1 amide bonds. The van der Waals surface area contributed by atoms with Gasteiger partial charge in [-0.2, -0.15) is 0 Å². The Hall–Kier alpha value is -3.20. The van der Waals surface area contributed by atoms with E-state index in [1.165, 1.54) is 0 Å². The van der Waals surface area contributed by atoms with Gasteiger partial charge in [-0.3, -0.25) is 9.59 Å². The van der Waals surface area contributed by atoms with Gasteiger partial charge in [0.1, 0.15) is 5.41 Å². The summed E-state index contributed by atoms with van der Waals surface area (Å²) in [4.78, 5) is 28.5. The van der Waals surface area contributed by atoms with Crippen LogP contribution in [0.1, 0.15) is 24.0 Å². The van der Waals surface area contributed by atoms with Gasteiger partial charge in [-0.15, -0.1) is 13.2 Å². The van der Waals surface area contributed by atoms with E-state index in [1.54, 1.807) is 23.3 Å². The molecule has 27 heavy (non-hydrogen) atoms.